The Balaban J connectivity index is 1.67. The van der Waals surface area contributed by atoms with Crippen LogP contribution >= 0.6 is 15.9 Å². The van der Waals surface area contributed by atoms with Crippen LogP contribution in [0.15, 0.2) is 27.3 Å². The summed E-state index contributed by atoms with van der Waals surface area (Å²) in [5.74, 6) is 0.331. The number of carbonyl (C=O) groups excluding carboxylic acids is 1. The first-order valence-electron chi connectivity index (χ1n) is 7.61. The van der Waals surface area contributed by atoms with Gasteiger partial charge in [0, 0.05) is 33.2 Å². The molecule has 0 atom stereocenters. The number of amides is 1. The molecule has 2 aromatic heterocycles. The quantitative estimate of drug-likeness (QED) is 0.765. The molecular weight excluding hydrogens is 405 g/mol. The van der Waals surface area contributed by atoms with Crippen molar-refractivity contribution in [1.82, 2.24) is 19.6 Å². The van der Waals surface area contributed by atoms with Crippen molar-refractivity contribution in [3.8, 4) is 0 Å². The molecule has 0 saturated carbocycles. The van der Waals surface area contributed by atoms with Crippen LogP contribution < -0.4 is 0 Å². The average Bonchev–Trinajstić information content (AvgIpc) is 3.14. The highest BCUT2D eigenvalue weighted by Gasteiger charge is 2.40. The fourth-order valence-corrected chi connectivity index (χ4v) is 3.55. The highest BCUT2D eigenvalue weighted by Crippen LogP contribution is 2.36. The minimum atomic E-state index is -4.58. The van der Waals surface area contributed by atoms with Crippen LogP contribution in [0.25, 0.3) is 0 Å². The number of aryl methyl sites for hydroxylation is 1. The number of hydrogen-bond donors (Lipinski definition) is 0. The maximum atomic E-state index is 13.0. The summed E-state index contributed by atoms with van der Waals surface area (Å²) in [6, 6.07) is 3.69. The number of rotatable bonds is 3. The normalized spacial score (nSPS) is 16.4. The second-order valence-corrected chi connectivity index (χ2v) is 6.57. The van der Waals surface area contributed by atoms with E-state index in [0.717, 1.165) is 5.76 Å². The second kappa shape index (κ2) is 6.83. The molecule has 1 saturated heterocycles. The van der Waals surface area contributed by atoms with Gasteiger partial charge in [0.25, 0.3) is 5.91 Å². The van der Waals surface area contributed by atoms with Gasteiger partial charge in [-0.2, -0.15) is 18.3 Å². The van der Waals surface area contributed by atoms with Crippen LogP contribution in [0.2, 0.25) is 0 Å². The zero-order chi connectivity index (χ0) is 18.2. The number of alkyl halides is 3. The zero-order valence-electron chi connectivity index (χ0n) is 13.4. The van der Waals surface area contributed by atoms with E-state index in [9.17, 15) is 18.0 Å². The monoisotopic (exact) mass is 420 g/mol. The third-order valence-corrected chi connectivity index (χ3v) is 4.83. The maximum Gasteiger partial charge on any atom is 0.434 e. The molecule has 1 aliphatic heterocycles. The zero-order valence-corrected chi connectivity index (χ0v) is 15.0. The molecule has 0 aromatic carbocycles. The van der Waals surface area contributed by atoms with E-state index in [4.69, 9.17) is 4.42 Å². The van der Waals surface area contributed by atoms with Gasteiger partial charge in [-0.05, 0) is 28.1 Å². The van der Waals surface area contributed by atoms with E-state index in [1.807, 2.05) is 12.1 Å². The van der Waals surface area contributed by atoms with Crippen molar-refractivity contribution in [1.29, 1.82) is 0 Å². The van der Waals surface area contributed by atoms with Crippen molar-refractivity contribution >= 4 is 21.8 Å². The Morgan fingerprint density at radius 2 is 2.00 bits per heavy atom. The van der Waals surface area contributed by atoms with E-state index >= 15 is 0 Å². The van der Waals surface area contributed by atoms with Crippen molar-refractivity contribution in [2.75, 3.05) is 26.2 Å². The van der Waals surface area contributed by atoms with Gasteiger partial charge < -0.3 is 9.32 Å². The molecule has 0 bridgehead atoms. The predicted octanol–water partition coefficient (Wildman–Crippen LogP) is 2.75. The molecule has 1 fully saturated rings. The van der Waals surface area contributed by atoms with Gasteiger partial charge in [0.15, 0.2) is 11.4 Å². The Kier molecular flexibility index (Phi) is 4.92. The summed E-state index contributed by atoms with van der Waals surface area (Å²) in [6.45, 7) is 2.71. The van der Waals surface area contributed by atoms with E-state index in [1.54, 1.807) is 6.26 Å². The minimum absolute atomic E-state index is 0.214. The fraction of sp³-hybridized carbons (Fsp3) is 0.467. The molecule has 0 unspecified atom stereocenters. The average molecular weight is 421 g/mol. The van der Waals surface area contributed by atoms with E-state index in [1.165, 1.54) is 11.9 Å². The van der Waals surface area contributed by atoms with E-state index in [2.05, 4.69) is 25.9 Å². The Hall–Kier alpha value is -1.81. The number of halogens is 4. The molecule has 3 rings (SSSR count). The highest BCUT2D eigenvalue weighted by molar-refractivity contribution is 9.10. The molecule has 0 spiro atoms. The van der Waals surface area contributed by atoms with Gasteiger partial charge >= 0.3 is 6.18 Å². The second-order valence-electron chi connectivity index (χ2n) is 5.78. The lowest BCUT2D eigenvalue weighted by atomic mass is 10.2. The van der Waals surface area contributed by atoms with Gasteiger partial charge in [-0.1, -0.05) is 0 Å². The number of furan rings is 1. The van der Waals surface area contributed by atoms with Crippen LogP contribution in [0.3, 0.4) is 0 Å². The third-order valence-electron chi connectivity index (χ3n) is 4.08. The van der Waals surface area contributed by atoms with Crippen molar-refractivity contribution in [2.24, 2.45) is 7.05 Å². The lowest BCUT2D eigenvalue weighted by molar-refractivity contribution is -0.144. The summed E-state index contributed by atoms with van der Waals surface area (Å²) in [5, 5.41) is 3.76. The van der Waals surface area contributed by atoms with E-state index < -0.39 is 17.8 Å². The van der Waals surface area contributed by atoms with Gasteiger partial charge in [0.1, 0.15) is 5.76 Å². The lowest BCUT2D eigenvalue weighted by Crippen LogP contribution is -2.48. The van der Waals surface area contributed by atoms with Crippen LogP contribution in [0.4, 0.5) is 13.2 Å². The summed E-state index contributed by atoms with van der Waals surface area (Å²) in [6.07, 6.45) is -2.98. The maximum absolute atomic E-state index is 13.0. The standard InChI is InChI=1S/C15H16BrF3N4O2/c1-21-13(15(17,18)19)11(16)12(20-21)14(24)23-6-4-22(5-7-23)9-10-3-2-8-25-10/h2-3,8H,4-7,9H2,1H3. The van der Waals surface area contributed by atoms with Crippen LogP contribution in [0.1, 0.15) is 21.9 Å². The minimum Gasteiger partial charge on any atom is -0.468 e. The van der Waals surface area contributed by atoms with Gasteiger partial charge in [-0.15, -0.1) is 0 Å². The fourth-order valence-electron chi connectivity index (χ4n) is 2.82. The third kappa shape index (κ3) is 3.74. The summed E-state index contributed by atoms with van der Waals surface area (Å²) >= 11 is 2.88. The molecule has 0 N–H and O–H groups in total. The van der Waals surface area contributed by atoms with Crippen molar-refractivity contribution < 1.29 is 22.4 Å². The molecule has 1 amide bonds. The molecule has 3 heterocycles. The number of hydrogen-bond acceptors (Lipinski definition) is 4. The van der Waals surface area contributed by atoms with Crippen LogP contribution in [-0.4, -0.2) is 51.7 Å². The van der Waals surface area contributed by atoms with Crippen LogP contribution in [0.5, 0.6) is 0 Å². The Bertz CT molecular complexity index is 750. The van der Waals surface area contributed by atoms with E-state index in [-0.39, 0.29) is 10.2 Å². The molecule has 0 aliphatic carbocycles. The van der Waals surface area contributed by atoms with Crippen molar-refractivity contribution in [3.63, 3.8) is 0 Å². The SMILES string of the molecule is Cn1nc(C(=O)N2CCN(Cc3ccco3)CC2)c(Br)c1C(F)(F)F. The largest absolute Gasteiger partial charge is 0.468 e. The van der Waals surface area contributed by atoms with Crippen LogP contribution in [-0.2, 0) is 19.8 Å². The number of piperazine rings is 1. The van der Waals surface area contributed by atoms with Gasteiger partial charge in [0.2, 0.25) is 0 Å². The van der Waals surface area contributed by atoms with Gasteiger partial charge in [-0.25, -0.2) is 0 Å². The highest BCUT2D eigenvalue weighted by atomic mass is 79.9. The molecule has 0 radical (unpaired) electrons. The summed E-state index contributed by atoms with van der Waals surface area (Å²) in [5.41, 5.74) is -1.18. The van der Waals surface area contributed by atoms with Gasteiger partial charge in [-0.3, -0.25) is 14.4 Å². The molecule has 25 heavy (non-hydrogen) atoms. The molecule has 10 heteroatoms. The van der Waals surface area contributed by atoms with Gasteiger partial charge in [0.05, 0.1) is 17.3 Å². The summed E-state index contributed by atoms with van der Waals surface area (Å²) < 4.78 is 44.8. The number of aromatic nitrogens is 2. The first kappa shape index (κ1) is 18.0. The first-order chi connectivity index (χ1) is 11.8. The molecular formula is C15H16BrF3N4O2. The number of nitrogens with zero attached hydrogens (tertiary/aromatic N) is 4. The number of carbonyl (C=O) groups is 1. The Morgan fingerprint density at radius 1 is 1.32 bits per heavy atom. The summed E-state index contributed by atoms with van der Waals surface area (Å²) in [7, 11) is 1.17. The molecule has 6 nitrogen and oxygen atoms in total. The molecule has 2 aromatic rings. The van der Waals surface area contributed by atoms with Crippen molar-refractivity contribution in [2.45, 2.75) is 12.7 Å². The predicted molar refractivity (Wildman–Crippen MR) is 85.8 cm³/mol. The molecule has 1 aliphatic rings. The first-order valence-corrected chi connectivity index (χ1v) is 8.40. The lowest BCUT2D eigenvalue weighted by Gasteiger charge is -2.33. The topological polar surface area (TPSA) is 54.5 Å². The Morgan fingerprint density at radius 3 is 2.52 bits per heavy atom. The molecule has 136 valence electrons. The Labute approximate surface area is 150 Å². The summed E-state index contributed by atoms with van der Waals surface area (Å²) in [4.78, 5) is 16.2. The van der Waals surface area contributed by atoms with Crippen LogP contribution in [0, 0.1) is 0 Å². The smallest absolute Gasteiger partial charge is 0.434 e. The van der Waals surface area contributed by atoms with Crippen molar-refractivity contribution in [3.05, 3.63) is 40.0 Å². The van der Waals surface area contributed by atoms with E-state index in [0.29, 0.717) is 37.4 Å².